The molecule has 0 radical (unpaired) electrons. The smallest absolute Gasteiger partial charge is 0.331 e. The van der Waals surface area contributed by atoms with Crippen LogP contribution >= 0.6 is 0 Å². The Bertz CT molecular complexity index is 1470. The molecule has 11 nitrogen and oxygen atoms in total. The molecule has 0 aliphatic carbocycles. The van der Waals surface area contributed by atoms with Gasteiger partial charge in [0, 0.05) is 12.6 Å². The number of esters is 1. The highest BCUT2D eigenvalue weighted by molar-refractivity contribution is 5.98. The van der Waals surface area contributed by atoms with Crippen molar-refractivity contribution in [1.29, 1.82) is 0 Å². The molecule has 198 valence electrons. The number of rotatable bonds is 9. The maximum atomic E-state index is 13.1. The lowest BCUT2D eigenvalue weighted by Crippen LogP contribution is -2.44. The van der Waals surface area contributed by atoms with Crippen LogP contribution < -0.4 is 31.4 Å². The van der Waals surface area contributed by atoms with Crippen molar-refractivity contribution in [3.05, 3.63) is 86.6 Å². The van der Waals surface area contributed by atoms with Crippen molar-refractivity contribution < 1.29 is 23.8 Å². The Morgan fingerprint density at radius 2 is 1.87 bits per heavy atom. The predicted molar refractivity (Wildman–Crippen MR) is 141 cm³/mol. The number of nitrogens with one attached hydrogen (secondary N) is 1. The number of aromatic amines is 1. The fourth-order valence-electron chi connectivity index (χ4n) is 3.88. The second kappa shape index (κ2) is 11.5. The van der Waals surface area contributed by atoms with E-state index in [1.54, 1.807) is 18.2 Å². The van der Waals surface area contributed by atoms with E-state index < -0.39 is 29.7 Å². The van der Waals surface area contributed by atoms with Crippen LogP contribution in [-0.2, 0) is 20.9 Å². The number of ether oxygens (including phenoxy) is 3. The summed E-state index contributed by atoms with van der Waals surface area (Å²) in [5, 5.41) is 0. The molecular weight excluding hydrogens is 492 g/mol. The van der Waals surface area contributed by atoms with E-state index >= 15 is 0 Å². The molecule has 1 aliphatic heterocycles. The van der Waals surface area contributed by atoms with Gasteiger partial charge in [-0.25, -0.2) is 9.59 Å². The third-order valence-electron chi connectivity index (χ3n) is 5.66. The summed E-state index contributed by atoms with van der Waals surface area (Å²) < 4.78 is 16.9. The van der Waals surface area contributed by atoms with Crippen molar-refractivity contribution in [2.45, 2.75) is 20.4 Å². The molecule has 1 amide bonds. The second-order valence-electron chi connectivity index (χ2n) is 9.02. The number of amides is 1. The minimum atomic E-state index is -0.806. The highest BCUT2D eigenvalue weighted by Crippen LogP contribution is 2.32. The Labute approximate surface area is 218 Å². The minimum Gasteiger partial charge on any atom is -0.454 e. The number of nitrogens with two attached hydrogens (primary N) is 1. The fraction of sp³-hybridized carbons (Fsp3) is 0.259. The van der Waals surface area contributed by atoms with Crippen LogP contribution in [0.2, 0.25) is 0 Å². The van der Waals surface area contributed by atoms with Gasteiger partial charge in [-0.1, -0.05) is 50.2 Å². The van der Waals surface area contributed by atoms with Crippen molar-refractivity contribution >= 4 is 29.5 Å². The summed E-state index contributed by atoms with van der Waals surface area (Å²) in [6.45, 7) is 3.42. The summed E-state index contributed by atoms with van der Waals surface area (Å²) in [6.07, 6.45) is 2.70. The largest absolute Gasteiger partial charge is 0.454 e. The van der Waals surface area contributed by atoms with E-state index in [1.165, 1.54) is 16.7 Å². The number of fused-ring (bicyclic) bond motifs is 1. The molecule has 3 aromatic rings. The molecule has 1 aromatic heterocycles. The molecule has 0 bridgehead atoms. The number of carbonyl (C=O) groups is 2. The van der Waals surface area contributed by atoms with E-state index in [-0.39, 0.29) is 37.3 Å². The van der Waals surface area contributed by atoms with E-state index in [9.17, 15) is 19.2 Å². The lowest BCUT2D eigenvalue weighted by Gasteiger charge is -2.26. The van der Waals surface area contributed by atoms with E-state index in [0.717, 1.165) is 10.5 Å². The number of hydrogen-bond acceptors (Lipinski definition) is 8. The Morgan fingerprint density at radius 3 is 2.61 bits per heavy atom. The molecule has 0 unspecified atom stereocenters. The van der Waals surface area contributed by atoms with Crippen LogP contribution in [0.25, 0.3) is 6.08 Å². The maximum absolute atomic E-state index is 13.1. The average molecular weight is 521 g/mol. The molecule has 1 aliphatic rings. The Balaban J connectivity index is 1.51. The zero-order valence-electron chi connectivity index (χ0n) is 21.0. The number of carbonyl (C=O) groups excluding carboxylic acids is 2. The van der Waals surface area contributed by atoms with Crippen LogP contribution in [0.4, 0.5) is 11.5 Å². The fourth-order valence-corrected chi connectivity index (χ4v) is 3.88. The molecule has 0 atom stereocenters. The molecule has 4 rings (SSSR count). The topological polar surface area (TPSA) is 146 Å². The van der Waals surface area contributed by atoms with E-state index in [4.69, 9.17) is 19.9 Å². The lowest BCUT2D eigenvalue weighted by atomic mass is 10.2. The molecule has 11 heteroatoms. The Kier molecular flexibility index (Phi) is 7.95. The molecule has 2 heterocycles. The van der Waals surface area contributed by atoms with Gasteiger partial charge in [0.05, 0.1) is 6.54 Å². The van der Waals surface area contributed by atoms with Gasteiger partial charge in [-0.2, -0.15) is 0 Å². The number of nitrogen functional groups attached to an aromatic ring is 1. The number of nitrogens with zero attached hydrogens (tertiary/aromatic N) is 2. The molecule has 38 heavy (non-hydrogen) atoms. The molecular formula is C27H28N4O7. The zero-order valence-corrected chi connectivity index (χ0v) is 21.0. The van der Waals surface area contributed by atoms with E-state index in [1.807, 2.05) is 44.2 Å². The standard InChI is InChI=1S/C27H28N4O7/c1-17(2)13-30(24-25(28)31(27(35)29-26(24)34)14-19-6-4-3-5-7-19)22(32)15-36-23(33)11-9-18-8-10-20-21(12-18)38-16-37-20/h3-12,17H,13-16,28H2,1-2H3,(H,29,34,35)/b11-9+. The van der Waals surface area contributed by atoms with Gasteiger partial charge in [-0.15, -0.1) is 0 Å². The van der Waals surface area contributed by atoms with Gasteiger partial charge in [-0.05, 0) is 35.3 Å². The summed E-state index contributed by atoms with van der Waals surface area (Å²) in [7, 11) is 0. The van der Waals surface area contributed by atoms with Crippen LogP contribution in [-0.4, -0.2) is 41.4 Å². The SMILES string of the molecule is CC(C)CN(C(=O)COC(=O)/C=C/c1ccc2c(c1)OCO2)c1c(N)n(Cc2ccccc2)c(=O)[nH]c1=O. The number of benzene rings is 2. The Hall–Kier alpha value is -4.80. The van der Waals surface area contributed by atoms with Crippen molar-refractivity contribution in [1.82, 2.24) is 9.55 Å². The van der Waals surface area contributed by atoms with E-state index in [2.05, 4.69) is 4.98 Å². The first-order valence-corrected chi connectivity index (χ1v) is 11.9. The van der Waals surface area contributed by atoms with Crippen LogP contribution in [0.1, 0.15) is 25.0 Å². The van der Waals surface area contributed by atoms with Crippen molar-refractivity contribution in [2.24, 2.45) is 5.92 Å². The van der Waals surface area contributed by atoms with Gasteiger partial charge in [0.1, 0.15) is 5.82 Å². The van der Waals surface area contributed by atoms with Crippen molar-refractivity contribution in [2.75, 3.05) is 30.6 Å². The van der Waals surface area contributed by atoms with E-state index in [0.29, 0.717) is 17.1 Å². The molecule has 0 saturated carbocycles. The molecule has 0 spiro atoms. The summed E-state index contributed by atoms with van der Waals surface area (Å²) in [5.41, 5.74) is 6.05. The minimum absolute atomic E-state index is 0.0612. The Morgan fingerprint density at radius 1 is 1.13 bits per heavy atom. The number of H-pyrrole nitrogens is 1. The molecule has 0 fully saturated rings. The van der Waals surface area contributed by atoms with Gasteiger partial charge in [-0.3, -0.25) is 19.1 Å². The highest BCUT2D eigenvalue weighted by Gasteiger charge is 2.26. The van der Waals surface area contributed by atoms with Crippen LogP contribution in [0.15, 0.2) is 64.2 Å². The third-order valence-corrected chi connectivity index (χ3v) is 5.66. The molecule has 3 N–H and O–H groups in total. The van der Waals surface area contributed by atoms with Gasteiger partial charge >= 0.3 is 11.7 Å². The predicted octanol–water partition coefficient (Wildman–Crippen LogP) is 2.14. The number of aromatic nitrogens is 2. The number of anilines is 2. The average Bonchev–Trinajstić information content (AvgIpc) is 3.36. The van der Waals surface area contributed by atoms with Crippen LogP contribution in [0.5, 0.6) is 11.5 Å². The quantitative estimate of drug-likeness (QED) is 0.322. The van der Waals surface area contributed by atoms with Gasteiger partial charge in [0.25, 0.3) is 11.5 Å². The van der Waals surface area contributed by atoms with Gasteiger partial charge < -0.3 is 24.8 Å². The van der Waals surface area contributed by atoms with Crippen LogP contribution in [0, 0.1) is 5.92 Å². The zero-order chi connectivity index (χ0) is 27.2. The summed E-state index contributed by atoms with van der Waals surface area (Å²) in [4.78, 5) is 54.1. The van der Waals surface area contributed by atoms with Gasteiger partial charge in [0.15, 0.2) is 23.8 Å². The monoisotopic (exact) mass is 520 g/mol. The maximum Gasteiger partial charge on any atom is 0.331 e. The first-order valence-electron chi connectivity index (χ1n) is 11.9. The second-order valence-corrected chi connectivity index (χ2v) is 9.02. The van der Waals surface area contributed by atoms with Crippen molar-refractivity contribution in [3.8, 4) is 11.5 Å². The summed E-state index contributed by atoms with van der Waals surface area (Å²) in [6, 6.07) is 14.3. The first kappa shape index (κ1) is 26.3. The number of hydrogen-bond donors (Lipinski definition) is 2. The third kappa shape index (κ3) is 6.12. The molecule has 0 saturated heterocycles. The normalized spacial score (nSPS) is 12.2. The molecule has 2 aromatic carbocycles. The lowest BCUT2D eigenvalue weighted by molar-refractivity contribution is -0.142. The van der Waals surface area contributed by atoms with Crippen molar-refractivity contribution in [3.63, 3.8) is 0 Å². The summed E-state index contributed by atoms with van der Waals surface area (Å²) in [5.74, 6) is -0.456. The summed E-state index contributed by atoms with van der Waals surface area (Å²) >= 11 is 0. The van der Waals surface area contributed by atoms with Gasteiger partial charge in [0.2, 0.25) is 6.79 Å². The first-order chi connectivity index (χ1) is 18.2. The highest BCUT2D eigenvalue weighted by atomic mass is 16.7. The van der Waals surface area contributed by atoms with Crippen LogP contribution in [0.3, 0.4) is 0 Å².